The number of rotatable bonds is 5. The maximum Gasteiger partial charge on any atom is 0.237 e. The van der Waals surface area contributed by atoms with Gasteiger partial charge in [-0.1, -0.05) is 17.7 Å². The number of piperidine rings is 1. The van der Waals surface area contributed by atoms with Crippen molar-refractivity contribution in [2.24, 2.45) is 11.8 Å². The molecule has 10 heteroatoms. The first kappa shape index (κ1) is 27.0. The maximum atomic E-state index is 15.5. The lowest BCUT2D eigenvalue weighted by Crippen LogP contribution is -2.60. The molecule has 2 N–H and O–H groups in total. The van der Waals surface area contributed by atoms with E-state index >= 15 is 4.39 Å². The second kappa shape index (κ2) is 10.3. The molecule has 6 rings (SSSR count). The first-order chi connectivity index (χ1) is 19.7. The fraction of sp³-hybridized carbons (Fsp3) is 0.226. The smallest absolute Gasteiger partial charge is 0.237 e. The largest absolute Gasteiger partial charge is 0.497 e. The van der Waals surface area contributed by atoms with Gasteiger partial charge in [0.2, 0.25) is 11.8 Å². The number of fused-ring (bicyclic) bond motifs is 2. The standard InChI is InChI=1S/C31H24ClF3N2O4/c1-40-19-5-7-20(8-6-19)41-27-11-4-18(34)14-22(27)29-31(23-9-2-16(32)12-26(23)36-30(31)39)24(15-28(38)37-29)21-13-17(33)3-10-25(21)35/h2-14,21,24-25,29H,15H2,1H3,(H,36,39)(H,37,38)/t21?,24-,25?,29+,31-/m0/s1. The highest BCUT2D eigenvalue weighted by Gasteiger charge is 2.63. The van der Waals surface area contributed by atoms with Crippen molar-refractivity contribution in [3.8, 4) is 17.2 Å². The number of anilines is 1. The first-order valence-electron chi connectivity index (χ1n) is 12.9. The number of carbonyl (C=O) groups excluding carboxylic acids is 2. The average Bonchev–Trinajstić information content (AvgIpc) is 3.23. The van der Waals surface area contributed by atoms with Crippen LogP contribution in [0.2, 0.25) is 5.02 Å². The number of ether oxygens (including phenoxy) is 2. The number of hydrogen-bond donors (Lipinski definition) is 2. The van der Waals surface area contributed by atoms with Crippen LogP contribution in [0.4, 0.5) is 18.9 Å². The summed E-state index contributed by atoms with van der Waals surface area (Å²) in [4.78, 5) is 27.4. The molecular weight excluding hydrogens is 557 g/mol. The molecule has 1 fully saturated rings. The quantitative estimate of drug-likeness (QED) is 0.351. The lowest BCUT2D eigenvalue weighted by molar-refractivity contribution is -0.135. The van der Waals surface area contributed by atoms with Crippen LogP contribution < -0.4 is 20.1 Å². The van der Waals surface area contributed by atoms with Crippen molar-refractivity contribution in [3.05, 3.63) is 107 Å². The molecule has 41 heavy (non-hydrogen) atoms. The van der Waals surface area contributed by atoms with E-state index in [1.54, 1.807) is 42.5 Å². The third kappa shape index (κ3) is 4.54. The van der Waals surface area contributed by atoms with Gasteiger partial charge >= 0.3 is 0 Å². The van der Waals surface area contributed by atoms with Gasteiger partial charge in [-0.15, -0.1) is 0 Å². The van der Waals surface area contributed by atoms with Gasteiger partial charge in [-0.2, -0.15) is 0 Å². The van der Waals surface area contributed by atoms with Gasteiger partial charge in [0.1, 0.15) is 40.5 Å². The Morgan fingerprint density at radius 1 is 1.00 bits per heavy atom. The van der Waals surface area contributed by atoms with Crippen molar-refractivity contribution in [1.29, 1.82) is 0 Å². The lowest BCUT2D eigenvalue weighted by Gasteiger charge is -2.49. The summed E-state index contributed by atoms with van der Waals surface area (Å²) >= 11 is 6.23. The van der Waals surface area contributed by atoms with Crippen LogP contribution in [0.15, 0.2) is 84.7 Å². The number of amides is 2. The van der Waals surface area contributed by atoms with Gasteiger partial charge in [0.05, 0.1) is 13.2 Å². The summed E-state index contributed by atoms with van der Waals surface area (Å²) < 4.78 is 56.2. The zero-order valence-corrected chi connectivity index (χ0v) is 22.4. The van der Waals surface area contributed by atoms with E-state index in [1.807, 2.05) is 0 Å². The van der Waals surface area contributed by atoms with Gasteiger partial charge in [-0.25, -0.2) is 13.2 Å². The van der Waals surface area contributed by atoms with Gasteiger partial charge in [0, 0.05) is 28.6 Å². The Hall–Kier alpha value is -4.24. The molecule has 0 bridgehead atoms. The molecule has 6 nitrogen and oxygen atoms in total. The summed E-state index contributed by atoms with van der Waals surface area (Å²) in [6.07, 6.45) is 1.25. The Morgan fingerprint density at radius 2 is 1.76 bits per heavy atom. The number of alkyl halides is 1. The SMILES string of the molecule is COc1ccc(Oc2ccc(F)cc2[C@H]2NC(=O)C[C@@H](C3C=C(F)C=CC3F)[C@]23C(=O)Nc2cc(Cl)ccc23)cc1. The zero-order chi connectivity index (χ0) is 28.9. The predicted molar refractivity (Wildman–Crippen MR) is 147 cm³/mol. The van der Waals surface area contributed by atoms with E-state index in [1.165, 1.54) is 25.3 Å². The Morgan fingerprint density at radius 3 is 2.51 bits per heavy atom. The van der Waals surface area contributed by atoms with E-state index in [2.05, 4.69) is 10.6 Å². The summed E-state index contributed by atoms with van der Waals surface area (Å²) in [5.41, 5.74) is -0.717. The van der Waals surface area contributed by atoms with Gasteiger partial charge in [0.15, 0.2) is 0 Å². The number of methoxy groups -OCH3 is 1. The molecule has 210 valence electrons. The molecule has 3 aromatic rings. The molecule has 2 aliphatic heterocycles. The fourth-order valence-corrected chi connectivity index (χ4v) is 6.42. The second-order valence-electron chi connectivity index (χ2n) is 10.2. The van der Waals surface area contributed by atoms with E-state index in [9.17, 15) is 18.4 Å². The summed E-state index contributed by atoms with van der Waals surface area (Å²) in [7, 11) is 1.53. The van der Waals surface area contributed by atoms with Crippen LogP contribution in [0.1, 0.15) is 23.6 Å². The number of nitrogens with one attached hydrogen (secondary N) is 2. The number of halogens is 4. The molecule has 1 spiro atoms. The Bertz CT molecular complexity index is 1610. The van der Waals surface area contributed by atoms with Gasteiger partial charge < -0.3 is 20.1 Å². The molecule has 1 saturated heterocycles. The highest BCUT2D eigenvalue weighted by atomic mass is 35.5. The summed E-state index contributed by atoms with van der Waals surface area (Å²) in [5.74, 6) is -3.44. The van der Waals surface area contributed by atoms with Crippen LogP contribution in [-0.2, 0) is 15.0 Å². The molecule has 3 aromatic carbocycles. The molecule has 2 heterocycles. The minimum Gasteiger partial charge on any atom is -0.497 e. The van der Waals surface area contributed by atoms with Gasteiger partial charge in [-0.3, -0.25) is 9.59 Å². The number of benzene rings is 3. The molecule has 2 amide bonds. The molecular formula is C31H24ClF3N2O4. The van der Waals surface area contributed by atoms with Gasteiger partial charge in [0.25, 0.3) is 0 Å². The van der Waals surface area contributed by atoms with Crippen LogP contribution in [0, 0.1) is 17.7 Å². The normalized spacial score (nSPS) is 26.7. The van der Waals surface area contributed by atoms with Crippen molar-refractivity contribution in [2.75, 3.05) is 12.4 Å². The third-order valence-corrected chi connectivity index (χ3v) is 8.23. The third-order valence-electron chi connectivity index (χ3n) is 8.00. The van der Waals surface area contributed by atoms with Crippen LogP contribution >= 0.6 is 11.6 Å². The van der Waals surface area contributed by atoms with E-state index in [-0.39, 0.29) is 17.7 Å². The van der Waals surface area contributed by atoms with Crippen LogP contribution in [0.5, 0.6) is 17.2 Å². The topological polar surface area (TPSA) is 76.7 Å². The summed E-state index contributed by atoms with van der Waals surface area (Å²) in [5, 5.41) is 6.04. The van der Waals surface area contributed by atoms with Crippen LogP contribution in [0.25, 0.3) is 0 Å². The number of carbonyl (C=O) groups is 2. The fourth-order valence-electron chi connectivity index (χ4n) is 6.24. The molecule has 0 aromatic heterocycles. The van der Waals surface area contributed by atoms with Crippen molar-refractivity contribution in [2.45, 2.75) is 24.0 Å². The second-order valence-corrected chi connectivity index (χ2v) is 10.7. The highest BCUT2D eigenvalue weighted by molar-refractivity contribution is 6.31. The predicted octanol–water partition coefficient (Wildman–Crippen LogP) is 6.72. The Kier molecular flexibility index (Phi) is 6.77. The lowest BCUT2D eigenvalue weighted by atomic mass is 9.56. The van der Waals surface area contributed by atoms with Crippen LogP contribution in [0.3, 0.4) is 0 Å². The molecule has 0 radical (unpaired) electrons. The Balaban J connectivity index is 1.56. The molecule has 2 unspecified atom stereocenters. The molecule has 1 aliphatic carbocycles. The monoisotopic (exact) mass is 580 g/mol. The summed E-state index contributed by atoms with van der Waals surface area (Å²) in [6, 6.07) is 14.0. The average molecular weight is 581 g/mol. The number of hydrogen-bond acceptors (Lipinski definition) is 4. The van der Waals surface area contributed by atoms with Crippen molar-refractivity contribution >= 4 is 29.1 Å². The minimum atomic E-state index is -1.67. The minimum absolute atomic E-state index is 0.156. The highest BCUT2D eigenvalue weighted by Crippen LogP contribution is 2.58. The first-order valence-corrected chi connectivity index (χ1v) is 13.3. The van der Waals surface area contributed by atoms with E-state index in [0.717, 1.165) is 18.2 Å². The molecule has 3 aliphatic rings. The Labute approximate surface area is 238 Å². The zero-order valence-electron chi connectivity index (χ0n) is 21.7. The van der Waals surface area contributed by atoms with E-state index < -0.39 is 52.9 Å². The van der Waals surface area contributed by atoms with Gasteiger partial charge in [-0.05, 0) is 84.3 Å². The number of allylic oxidation sites excluding steroid dienone is 4. The van der Waals surface area contributed by atoms with Crippen LogP contribution in [-0.4, -0.2) is 25.1 Å². The van der Waals surface area contributed by atoms with Crippen molar-refractivity contribution < 1.29 is 32.2 Å². The van der Waals surface area contributed by atoms with Crippen molar-refractivity contribution in [3.63, 3.8) is 0 Å². The van der Waals surface area contributed by atoms with E-state index in [4.69, 9.17) is 21.1 Å². The van der Waals surface area contributed by atoms with E-state index in [0.29, 0.717) is 27.8 Å². The maximum absolute atomic E-state index is 15.5. The summed E-state index contributed by atoms with van der Waals surface area (Å²) in [6.45, 7) is 0. The molecule has 0 saturated carbocycles. The van der Waals surface area contributed by atoms with Crippen molar-refractivity contribution in [1.82, 2.24) is 5.32 Å². The molecule has 5 atom stereocenters.